The Labute approximate surface area is 140 Å². The number of amides is 1. The van der Waals surface area contributed by atoms with Crippen molar-refractivity contribution in [1.29, 1.82) is 0 Å². The number of nitrogens with zero attached hydrogens (tertiary/aromatic N) is 1. The van der Waals surface area contributed by atoms with Crippen LogP contribution in [0.25, 0.3) is 10.1 Å². The Morgan fingerprint density at radius 1 is 1.26 bits per heavy atom. The van der Waals surface area contributed by atoms with E-state index < -0.39 is 10.0 Å². The van der Waals surface area contributed by atoms with Gasteiger partial charge >= 0.3 is 0 Å². The Morgan fingerprint density at radius 3 is 2.61 bits per heavy atom. The van der Waals surface area contributed by atoms with E-state index in [0.29, 0.717) is 16.6 Å². The predicted molar refractivity (Wildman–Crippen MR) is 94.8 cm³/mol. The molecule has 7 heteroatoms. The molecule has 0 unspecified atom stereocenters. The number of sulfonamides is 1. The van der Waals surface area contributed by atoms with Gasteiger partial charge in [-0.1, -0.05) is 12.8 Å². The summed E-state index contributed by atoms with van der Waals surface area (Å²) in [5, 5.41) is 3.97. The van der Waals surface area contributed by atoms with Gasteiger partial charge in [-0.05, 0) is 42.5 Å². The summed E-state index contributed by atoms with van der Waals surface area (Å²) < 4.78 is 25.5. The number of anilines is 1. The minimum Gasteiger partial charge on any atom is -0.349 e. The van der Waals surface area contributed by atoms with Gasteiger partial charge in [0.15, 0.2) is 0 Å². The van der Waals surface area contributed by atoms with Crippen molar-refractivity contribution in [3.63, 3.8) is 0 Å². The number of carbonyl (C=O) groups is 1. The predicted octanol–water partition coefficient (Wildman–Crippen LogP) is 2.97. The molecule has 1 fully saturated rings. The zero-order valence-electron chi connectivity index (χ0n) is 13.2. The van der Waals surface area contributed by atoms with Gasteiger partial charge in [0.2, 0.25) is 10.0 Å². The highest BCUT2D eigenvalue weighted by Crippen LogP contribution is 2.30. The lowest BCUT2D eigenvalue weighted by molar-refractivity contribution is 0.0942. The number of hydrogen-bond donors (Lipinski definition) is 1. The summed E-state index contributed by atoms with van der Waals surface area (Å²) >= 11 is 1.44. The minimum atomic E-state index is -3.29. The van der Waals surface area contributed by atoms with Gasteiger partial charge in [-0.15, -0.1) is 11.3 Å². The average molecular weight is 352 g/mol. The van der Waals surface area contributed by atoms with E-state index in [4.69, 9.17) is 0 Å². The van der Waals surface area contributed by atoms with Crippen LogP contribution in [0.2, 0.25) is 0 Å². The van der Waals surface area contributed by atoms with E-state index in [1.165, 1.54) is 41.8 Å². The second kappa shape index (κ2) is 6.13. The number of fused-ring (bicyclic) bond motifs is 1. The second-order valence-corrected chi connectivity index (χ2v) is 9.12. The first-order valence-corrected chi connectivity index (χ1v) is 10.3. The molecule has 1 heterocycles. The lowest BCUT2D eigenvalue weighted by Gasteiger charge is -2.16. The smallest absolute Gasteiger partial charge is 0.261 e. The highest BCUT2D eigenvalue weighted by atomic mass is 32.2. The Balaban J connectivity index is 1.85. The number of hydrogen-bond acceptors (Lipinski definition) is 4. The number of thiophene rings is 1. The van der Waals surface area contributed by atoms with Crippen molar-refractivity contribution >= 4 is 43.0 Å². The van der Waals surface area contributed by atoms with Crippen molar-refractivity contribution in [2.24, 2.45) is 0 Å². The van der Waals surface area contributed by atoms with Crippen LogP contribution in [0.1, 0.15) is 35.4 Å². The summed E-state index contributed by atoms with van der Waals surface area (Å²) in [6, 6.07) is 7.56. The quantitative estimate of drug-likeness (QED) is 0.920. The monoisotopic (exact) mass is 352 g/mol. The number of rotatable bonds is 4. The van der Waals surface area contributed by atoms with Crippen LogP contribution in [-0.2, 0) is 10.0 Å². The molecule has 0 bridgehead atoms. The molecule has 2 aromatic rings. The third kappa shape index (κ3) is 3.50. The highest BCUT2D eigenvalue weighted by molar-refractivity contribution is 7.92. The molecule has 1 aliphatic carbocycles. The molecule has 0 aliphatic heterocycles. The number of benzene rings is 1. The lowest BCUT2D eigenvalue weighted by atomic mass is 10.2. The van der Waals surface area contributed by atoms with E-state index in [0.717, 1.165) is 22.9 Å². The molecule has 0 radical (unpaired) electrons. The Hall–Kier alpha value is -1.60. The molecule has 0 atom stereocenters. The molecular formula is C16H20N2O3S2. The summed E-state index contributed by atoms with van der Waals surface area (Å²) in [6.07, 6.45) is 5.64. The fourth-order valence-electron chi connectivity index (χ4n) is 2.86. The van der Waals surface area contributed by atoms with Gasteiger partial charge in [-0.25, -0.2) is 8.42 Å². The van der Waals surface area contributed by atoms with Crippen molar-refractivity contribution in [1.82, 2.24) is 5.32 Å². The summed E-state index contributed by atoms with van der Waals surface area (Å²) in [6.45, 7) is 0. The van der Waals surface area contributed by atoms with Crippen LogP contribution in [0.3, 0.4) is 0 Å². The molecule has 1 aromatic heterocycles. The maximum Gasteiger partial charge on any atom is 0.261 e. The number of nitrogens with one attached hydrogen (secondary N) is 1. The Bertz CT molecular complexity index is 836. The van der Waals surface area contributed by atoms with Gasteiger partial charge < -0.3 is 5.32 Å². The highest BCUT2D eigenvalue weighted by Gasteiger charge is 2.19. The summed E-state index contributed by atoms with van der Waals surface area (Å²) in [7, 11) is -1.77. The van der Waals surface area contributed by atoms with E-state index in [1.54, 1.807) is 12.1 Å². The van der Waals surface area contributed by atoms with Crippen molar-refractivity contribution < 1.29 is 13.2 Å². The molecule has 1 saturated carbocycles. The SMILES string of the molecule is CN(c1ccc2sc(C(=O)NC3CCCC3)cc2c1)S(C)(=O)=O. The fourth-order valence-corrected chi connectivity index (χ4v) is 4.30. The van der Waals surface area contributed by atoms with Crippen LogP contribution in [-0.4, -0.2) is 33.7 Å². The molecular weight excluding hydrogens is 332 g/mol. The second-order valence-electron chi connectivity index (χ2n) is 6.02. The first-order valence-electron chi connectivity index (χ1n) is 7.63. The Morgan fingerprint density at radius 2 is 1.96 bits per heavy atom. The fraction of sp³-hybridized carbons (Fsp3) is 0.438. The maximum absolute atomic E-state index is 12.3. The van der Waals surface area contributed by atoms with Gasteiger partial charge in [-0.2, -0.15) is 0 Å². The van der Waals surface area contributed by atoms with E-state index in [9.17, 15) is 13.2 Å². The van der Waals surface area contributed by atoms with Crippen molar-refractivity contribution in [3.8, 4) is 0 Å². The van der Waals surface area contributed by atoms with Crippen LogP contribution in [0.4, 0.5) is 5.69 Å². The minimum absolute atomic E-state index is 0.0314. The zero-order chi connectivity index (χ0) is 16.6. The summed E-state index contributed by atoms with van der Waals surface area (Å²) in [4.78, 5) is 13.0. The first-order chi connectivity index (χ1) is 10.8. The van der Waals surface area contributed by atoms with Gasteiger partial charge in [0.1, 0.15) is 0 Å². The third-order valence-electron chi connectivity index (χ3n) is 4.28. The molecule has 5 nitrogen and oxygen atoms in total. The average Bonchev–Trinajstić information content (AvgIpc) is 3.13. The van der Waals surface area contributed by atoms with Crippen LogP contribution < -0.4 is 9.62 Å². The standard InChI is InChI=1S/C16H20N2O3S2/c1-18(23(2,20)21)13-7-8-14-11(9-13)10-15(22-14)16(19)17-12-5-3-4-6-12/h7-10,12H,3-6H2,1-2H3,(H,17,19). The Kier molecular flexibility index (Phi) is 4.33. The summed E-state index contributed by atoms with van der Waals surface area (Å²) in [5.41, 5.74) is 0.598. The van der Waals surface area contributed by atoms with Crippen LogP contribution >= 0.6 is 11.3 Å². The van der Waals surface area contributed by atoms with Crippen LogP contribution in [0.15, 0.2) is 24.3 Å². The molecule has 0 spiro atoms. The normalized spacial score (nSPS) is 15.9. The molecule has 1 amide bonds. The topological polar surface area (TPSA) is 66.5 Å². The van der Waals surface area contributed by atoms with E-state index >= 15 is 0 Å². The van der Waals surface area contributed by atoms with Gasteiger partial charge in [0.05, 0.1) is 16.8 Å². The zero-order valence-corrected chi connectivity index (χ0v) is 14.8. The molecule has 3 rings (SSSR count). The molecule has 23 heavy (non-hydrogen) atoms. The van der Waals surface area contributed by atoms with Crippen LogP contribution in [0.5, 0.6) is 0 Å². The van der Waals surface area contributed by atoms with Gasteiger partial charge in [-0.3, -0.25) is 9.10 Å². The first kappa shape index (κ1) is 16.3. The van der Waals surface area contributed by atoms with Crippen molar-refractivity contribution in [3.05, 3.63) is 29.1 Å². The molecule has 1 N–H and O–H groups in total. The molecule has 1 aromatic carbocycles. The van der Waals surface area contributed by atoms with Crippen LogP contribution in [0, 0.1) is 0 Å². The largest absolute Gasteiger partial charge is 0.349 e. The lowest BCUT2D eigenvalue weighted by Crippen LogP contribution is -2.31. The van der Waals surface area contributed by atoms with Crippen molar-refractivity contribution in [2.75, 3.05) is 17.6 Å². The van der Waals surface area contributed by atoms with E-state index in [2.05, 4.69) is 5.32 Å². The molecule has 1 aliphatic rings. The van der Waals surface area contributed by atoms with E-state index in [1.807, 2.05) is 12.1 Å². The van der Waals surface area contributed by atoms with E-state index in [-0.39, 0.29) is 5.91 Å². The number of carbonyl (C=O) groups excluding carboxylic acids is 1. The van der Waals surface area contributed by atoms with Crippen molar-refractivity contribution in [2.45, 2.75) is 31.7 Å². The summed E-state index contributed by atoms with van der Waals surface area (Å²) in [5.74, 6) is -0.0314. The maximum atomic E-state index is 12.3. The molecule has 124 valence electrons. The third-order valence-corrected chi connectivity index (χ3v) is 6.60. The van der Waals surface area contributed by atoms with Gasteiger partial charge in [0.25, 0.3) is 5.91 Å². The molecule has 0 saturated heterocycles. The van der Waals surface area contributed by atoms with Gasteiger partial charge in [0, 0.05) is 17.8 Å².